The van der Waals surface area contributed by atoms with Gasteiger partial charge < -0.3 is 15.0 Å². The molecule has 1 heterocycles. The number of aromatic nitrogens is 1. The number of anilines is 1. The summed E-state index contributed by atoms with van der Waals surface area (Å²) in [6.07, 6.45) is 1.38. The number of nitrogens with two attached hydrogens (primary N) is 1. The minimum atomic E-state index is -0.701. The Bertz CT molecular complexity index is 812. The maximum absolute atomic E-state index is 11.9. The minimum Gasteiger partial charge on any atom is -0.464 e. The van der Waals surface area contributed by atoms with Gasteiger partial charge in [-0.05, 0) is 18.2 Å². The summed E-state index contributed by atoms with van der Waals surface area (Å²) >= 11 is 6.11. The lowest BCUT2D eigenvalue weighted by atomic mass is 10.2. The van der Waals surface area contributed by atoms with Crippen LogP contribution in [-0.4, -0.2) is 17.6 Å². The third kappa shape index (κ3) is 2.40. The number of carbonyl (C=O) groups excluding carboxylic acids is 1. The van der Waals surface area contributed by atoms with Crippen LogP contribution in [0.3, 0.4) is 0 Å². The number of rotatable bonds is 2. The first-order chi connectivity index (χ1) is 10.0. The Labute approximate surface area is 125 Å². The highest BCUT2D eigenvalue weighted by molar-refractivity contribution is 6.32. The monoisotopic (exact) mass is 300 g/mol. The average Bonchev–Trinajstić information content (AvgIpc) is 2.83. The standard InChI is InChI=1S/C14H9ClN4O2/c1-21-14(20)13-12(18)9(6-17)7-19(13)11-4-8(5-16)2-3-10(11)15/h2-4,7H,18H2,1H3. The summed E-state index contributed by atoms with van der Waals surface area (Å²) < 4.78 is 6.03. The lowest BCUT2D eigenvalue weighted by Crippen LogP contribution is -2.11. The Balaban J connectivity index is 2.79. The van der Waals surface area contributed by atoms with Crippen molar-refractivity contribution in [3.05, 3.63) is 46.2 Å². The predicted octanol–water partition coefficient (Wildman–Crippen LogP) is 2.24. The van der Waals surface area contributed by atoms with Gasteiger partial charge in [0.25, 0.3) is 0 Å². The van der Waals surface area contributed by atoms with Crippen molar-refractivity contribution in [1.29, 1.82) is 10.5 Å². The summed E-state index contributed by atoms with van der Waals surface area (Å²) in [5.41, 5.74) is 6.63. The molecule has 0 bridgehead atoms. The molecule has 0 fully saturated rings. The Morgan fingerprint density at radius 3 is 2.67 bits per heavy atom. The Morgan fingerprint density at radius 2 is 2.10 bits per heavy atom. The largest absolute Gasteiger partial charge is 0.464 e. The average molecular weight is 301 g/mol. The van der Waals surface area contributed by atoms with Gasteiger partial charge in [0.2, 0.25) is 0 Å². The number of hydrogen-bond acceptors (Lipinski definition) is 5. The van der Waals surface area contributed by atoms with Crippen LogP contribution in [0.1, 0.15) is 21.6 Å². The van der Waals surface area contributed by atoms with Gasteiger partial charge in [-0.25, -0.2) is 4.79 Å². The van der Waals surface area contributed by atoms with Crippen molar-refractivity contribution < 1.29 is 9.53 Å². The quantitative estimate of drug-likeness (QED) is 0.856. The van der Waals surface area contributed by atoms with E-state index in [1.807, 2.05) is 12.1 Å². The van der Waals surface area contributed by atoms with E-state index in [0.29, 0.717) is 16.3 Å². The van der Waals surface area contributed by atoms with Crippen LogP contribution in [0.2, 0.25) is 5.02 Å². The maximum atomic E-state index is 11.9. The fourth-order valence-electron chi connectivity index (χ4n) is 1.87. The van der Waals surface area contributed by atoms with Crippen LogP contribution in [0.25, 0.3) is 5.69 Å². The summed E-state index contributed by atoms with van der Waals surface area (Å²) in [5.74, 6) is -0.701. The number of ether oxygens (including phenoxy) is 1. The first-order valence-electron chi connectivity index (χ1n) is 5.72. The molecule has 0 radical (unpaired) electrons. The van der Waals surface area contributed by atoms with E-state index < -0.39 is 5.97 Å². The van der Waals surface area contributed by atoms with Crippen LogP contribution in [0.5, 0.6) is 0 Å². The molecule has 0 saturated carbocycles. The van der Waals surface area contributed by atoms with Crippen molar-refractivity contribution in [3.63, 3.8) is 0 Å². The third-order valence-corrected chi connectivity index (χ3v) is 3.20. The molecule has 7 heteroatoms. The van der Waals surface area contributed by atoms with Crippen molar-refractivity contribution in [1.82, 2.24) is 4.57 Å². The first kappa shape index (κ1) is 14.4. The SMILES string of the molecule is COC(=O)c1c(N)c(C#N)cn1-c1cc(C#N)ccc1Cl. The molecule has 0 aliphatic heterocycles. The number of methoxy groups -OCH3 is 1. The Kier molecular flexibility index (Phi) is 3.84. The molecular weight excluding hydrogens is 292 g/mol. The molecule has 1 aromatic heterocycles. The van der Waals surface area contributed by atoms with Gasteiger partial charge in [0.1, 0.15) is 6.07 Å². The van der Waals surface area contributed by atoms with Gasteiger partial charge in [0.05, 0.1) is 40.7 Å². The number of esters is 1. The second-order valence-corrected chi connectivity index (χ2v) is 4.46. The first-order valence-corrected chi connectivity index (χ1v) is 6.10. The highest BCUT2D eigenvalue weighted by Crippen LogP contribution is 2.29. The van der Waals surface area contributed by atoms with Crippen molar-refractivity contribution in [2.45, 2.75) is 0 Å². The number of nitriles is 2. The molecule has 0 atom stereocenters. The molecule has 1 aromatic carbocycles. The molecular formula is C14H9ClN4O2. The molecule has 0 aliphatic rings. The number of nitrogen functional groups attached to an aromatic ring is 1. The molecule has 2 aromatic rings. The van der Waals surface area contributed by atoms with E-state index in [4.69, 9.17) is 27.9 Å². The van der Waals surface area contributed by atoms with Gasteiger partial charge in [-0.15, -0.1) is 0 Å². The highest BCUT2D eigenvalue weighted by Gasteiger charge is 2.22. The van der Waals surface area contributed by atoms with Crippen LogP contribution in [0.15, 0.2) is 24.4 Å². The zero-order valence-corrected chi connectivity index (χ0v) is 11.7. The van der Waals surface area contributed by atoms with E-state index in [0.717, 1.165) is 0 Å². The normalized spacial score (nSPS) is 9.71. The summed E-state index contributed by atoms with van der Waals surface area (Å²) in [7, 11) is 1.21. The van der Waals surface area contributed by atoms with Crippen molar-refractivity contribution in [3.8, 4) is 17.8 Å². The molecule has 2 rings (SSSR count). The molecule has 21 heavy (non-hydrogen) atoms. The molecule has 0 saturated heterocycles. The van der Waals surface area contributed by atoms with Gasteiger partial charge >= 0.3 is 5.97 Å². The summed E-state index contributed by atoms with van der Waals surface area (Å²) in [5, 5.41) is 18.3. The molecule has 6 nitrogen and oxygen atoms in total. The predicted molar refractivity (Wildman–Crippen MR) is 76.0 cm³/mol. The van der Waals surface area contributed by atoms with Crippen LogP contribution in [-0.2, 0) is 4.74 Å². The van der Waals surface area contributed by atoms with E-state index in [2.05, 4.69) is 4.74 Å². The second-order valence-electron chi connectivity index (χ2n) is 4.06. The molecule has 0 unspecified atom stereocenters. The van der Waals surface area contributed by atoms with Crippen LogP contribution >= 0.6 is 11.6 Å². The smallest absolute Gasteiger partial charge is 0.357 e. The molecule has 0 spiro atoms. The van der Waals surface area contributed by atoms with Gasteiger partial charge in [0.15, 0.2) is 5.69 Å². The minimum absolute atomic E-state index is 0.00257. The fourth-order valence-corrected chi connectivity index (χ4v) is 2.08. The topological polar surface area (TPSA) is 105 Å². The number of halogens is 1. The van der Waals surface area contributed by atoms with E-state index >= 15 is 0 Å². The van der Waals surface area contributed by atoms with Crippen molar-refractivity contribution in [2.24, 2.45) is 0 Å². The summed E-state index contributed by atoms with van der Waals surface area (Å²) in [4.78, 5) is 11.9. The van der Waals surface area contributed by atoms with E-state index in [1.165, 1.54) is 30.0 Å². The van der Waals surface area contributed by atoms with Gasteiger partial charge in [-0.2, -0.15) is 10.5 Å². The maximum Gasteiger partial charge on any atom is 0.357 e. The fraction of sp³-hybridized carbons (Fsp3) is 0.0714. The summed E-state index contributed by atoms with van der Waals surface area (Å²) in [6.45, 7) is 0. The number of benzene rings is 1. The van der Waals surface area contributed by atoms with E-state index in [1.54, 1.807) is 6.07 Å². The zero-order chi connectivity index (χ0) is 15.6. The molecule has 0 aliphatic carbocycles. The number of nitrogens with zero attached hydrogens (tertiary/aromatic N) is 3. The van der Waals surface area contributed by atoms with Gasteiger partial charge in [0, 0.05) is 6.20 Å². The third-order valence-electron chi connectivity index (χ3n) is 2.88. The Morgan fingerprint density at radius 1 is 1.38 bits per heavy atom. The molecule has 2 N–H and O–H groups in total. The van der Waals surface area contributed by atoms with Gasteiger partial charge in [-0.3, -0.25) is 0 Å². The molecule has 0 amide bonds. The zero-order valence-electron chi connectivity index (χ0n) is 10.9. The van der Waals surface area contributed by atoms with Crippen molar-refractivity contribution >= 4 is 23.3 Å². The lowest BCUT2D eigenvalue weighted by Gasteiger charge is -2.10. The van der Waals surface area contributed by atoms with Crippen LogP contribution < -0.4 is 5.73 Å². The van der Waals surface area contributed by atoms with Crippen molar-refractivity contribution in [2.75, 3.05) is 12.8 Å². The van der Waals surface area contributed by atoms with E-state index in [-0.39, 0.29) is 16.9 Å². The lowest BCUT2D eigenvalue weighted by molar-refractivity contribution is 0.0593. The molecule has 104 valence electrons. The van der Waals surface area contributed by atoms with Crippen LogP contribution in [0.4, 0.5) is 5.69 Å². The van der Waals surface area contributed by atoms with Crippen LogP contribution in [0, 0.1) is 22.7 Å². The van der Waals surface area contributed by atoms with E-state index in [9.17, 15) is 4.79 Å². The number of carbonyl (C=O) groups is 1. The summed E-state index contributed by atoms with van der Waals surface area (Å²) in [6, 6.07) is 8.43. The Hall–Kier alpha value is -2.96. The number of hydrogen-bond donors (Lipinski definition) is 1. The van der Waals surface area contributed by atoms with Gasteiger partial charge in [-0.1, -0.05) is 11.6 Å². The highest BCUT2D eigenvalue weighted by atomic mass is 35.5. The second kappa shape index (κ2) is 5.58.